The third-order valence-electron chi connectivity index (χ3n) is 4.09. The van der Waals surface area contributed by atoms with Crippen LogP contribution in [0.5, 0.6) is 0 Å². The van der Waals surface area contributed by atoms with Crippen molar-refractivity contribution in [3.8, 4) is 0 Å². The Kier molecular flexibility index (Phi) is 6.09. The average Bonchev–Trinajstić information content (AvgIpc) is 3.08. The van der Waals surface area contributed by atoms with Crippen LogP contribution < -0.4 is 4.90 Å². The number of carbonyl (C=O) groups excluding carboxylic acids is 1. The van der Waals surface area contributed by atoms with E-state index in [9.17, 15) is 9.90 Å². The smallest absolute Gasteiger partial charge is 0.237 e. The first kappa shape index (κ1) is 18.2. The van der Waals surface area contributed by atoms with Crippen LogP contribution in [0.15, 0.2) is 72.0 Å². The number of imidazole rings is 1. The van der Waals surface area contributed by atoms with Crippen molar-refractivity contribution in [1.29, 1.82) is 0 Å². The summed E-state index contributed by atoms with van der Waals surface area (Å²) >= 11 is 1.38. The molecule has 0 fully saturated rings. The Morgan fingerprint density at radius 1 is 1.12 bits per heavy atom. The third kappa shape index (κ3) is 4.33. The van der Waals surface area contributed by atoms with Crippen molar-refractivity contribution < 1.29 is 9.90 Å². The highest BCUT2D eigenvalue weighted by Gasteiger charge is 2.15. The van der Waals surface area contributed by atoms with E-state index < -0.39 is 0 Å². The van der Waals surface area contributed by atoms with Gasteiger partial charge in [0, 0.05) is 19.3 Å². The summed E-state index contributed by atoms with van der Waals surface area (Å²) in [5, 5.41) is 10.3. The Balaban J connectivity index is 1.70. The van der Waals surface area contributed by atoms with Crippen LogP contribution >= 0.6 is 11.8 Å². The molecule has 0 saturated heterocycles. The second-order valence-corrected chi connectivity index (χ2v) is 6.78. The van der Waals surface area contributed by atoms with E-state index in [0.717, 1.165) is 22.1 Å². The normalized spacial score (nSPS) is 10.7. The predicted molar refractivity (Wildman–Crippen MR) is 104 cm³/mol. The highest BCUT2D eigenvalue weighted by molar-refractivity contribution is 7.99. The number of para-hydroxylation sites is 1. The minimum Gasteiger partial charge on any atom is -0.390 e. The minimum atomic E-state index is -0.0851. The van der Waals surface area contributed by atoms with Crippen LogP contribution in [-0.4, -0.2) is 33.4 Å². The van der Waals surface area contributed by atoms with Crippen molar-refractivity contribution in [1.82, 2.24) is 9.55 Å². The summed E-state index contributed by atoms with van der Waals surface area (Å²) in [5.41, 5.74) is 2.72. The maximum absolute atomic E-state index is 12.5. The van der Waals surface area contributed by atoms with Crippen LogP contribution in [0.2, 0.25) is 0 Å². The van der Waals surface area contributed by atoms with Gasteiger partial charge in [0.25, 0.3) is 0 Å². The fourth-order valence-electron chi connectivity index (χ4n) is 2.59. The molecular formula is C20H21N3O2S. The molecule has 1 N–H and O–H groups in total. The third-order valence-corrected chi connectivity index (χ3v) is 5.06. The van der Waals surface area contributed by atoms with E-state index in [-0.39, 0.29) is 18.3 Å². The van der Waals surface area contributed by atoms with E-state index in [1.165, 1.54) is 11.8 Å². The van der Waals surface area contributed by atoms with E-state index in [0.29, 0.717) is 6.54 Å². The minimum absolute atomic E-state index is 0.000935. The number of hydrogen-bond donors (Lipinski definition) is 1. The second kappa shape index (κ2) is 8.69. The van der Waals surface area contributed by atoms with Gasteiger partial charge in [-0.15, -0.1) is 0 Å². The molecule has 0 unspecified atom stereocenters. The summed E-state index contributed by atoms with van der Waals surface area (Å²) in [4.78, 5) is 18.5. The lowest BCUT2D eigenvalue weighted by Gasteiger charge is -2.17. The van der Waals surface area contributed by atoms with Gasteiger partial charge in [-0.3, -0.25) is 4.79 Å². The van der Waals surface area contributed by atoms with Gasteiger partial charge in [-0.05, 0) is 17.7 Å². The molecule has 2 aromatic carbocycles. The molecule has 1 heterocycles. The molecule has 3 rings (SSSR count). The zero-order valence-corrected chi connectivity index (χ0v) is 15.4. The van der Waals surface area contributed by atoms with Gasteiger partial charge in [-0.2, -0.15) is 0 Å². The predicted octanol–water partition coefficient (Wildman–Crippen LogP) is 3.18. The van der Waals surface area contributed by atoms with E-state index >= 15 is 0 Å². The standard InChI is InChI=1S/C20H21N3O2S/c1-22(17-10-6-3-7-11-17)19(25)15-26-20-21-12-18(14-24)23(20)13-16-8-4-2-5-9-16/h2-12,24H,13-15H2,1H3. The Bertz CT molecular complexity index is 850. The first-order valence-electron chi connectivity index (χ1n) is 8.32. The molecule has 0 bridgehead atoms. The molecule has 0 saturated carbocycles. The molecule has 26 heavy (non-hydrogen) atoms. The van der Waals surface area contributed by atoms with Crippen molar-refractivity contribution >= 4 is 23.4 Å². The van der Waals surface area contributed by atoms with Crippen LogP contribution in [0.1, 0.15) is 11.3 Å². The number of benzene rings is 2. The molecule has 1 amide bonds. The number of anilines is 1. The van der Waals surface area contributed by atoms with Crippen molar-refractivity contribution in [2.24, 2.45) is 0 Å². The number of rotatable bonds is 7. The number of carbonyl (C=O) groups is 1. The fourth-order valence-corrected chi connectivity index (χ4v) is 3.50. The summed E-state index contributed by atoms with van der Waals surface area (Å²) < 4.78 is 1.95. The van der Waals surface area contributed by atoms with Gasteiger partial charge < -0.3 is 14.6 Å². The maximum atomic E-state index is 12.5. The zero-order valence-electron chi connectivity index (χ0n) is 14.6. The zero-order chi connectivity index (χ0) is 18.4. The lowest BCUT2D eigenvalue weighted by atomic mass is 10.2. The van der Waals surface area contributed by atoms with E-state index in [2.05, 4.69) is 4.98 Å². The molecule has 0 radical (unpaired) electrons. The lowest BCUT2D eigenvalue weighted by molar-refractivity contribution is -0.115. The highest BCUT2D eigenvalue weighted by Crippen LogP contribution is 2.22. The Morgan fingerprint density at radius 2 is 1.77 bits per heavy atom. The molecule has 0 atom stereocenters. The number of thioether (sulfide) groups is 1. The molecular weight excluding hydrogens is 346 g/mol. The quantitative estimate of drug-likeness (QED) is 0.652. The van der Waals surface area contributed by atoms with Crippen LogP contribution in [0, 0.1) is 0 Å². The van der Waals surface area contributed by atoms with Crippen molar-refractivity contribution in [2.45, 2.75) is 18.3 Å². The molecule has 6 heteroatoms. The second-order valence-electron chi connectivity index (χ2n) is 5.84. The summed E-state index contributed by atoms with van der Waals surface area (Å²) in [6.45, 7) is 0.528. The molecule has 0 spiro atoms. The molecule has 5 nitrogen and oxygen atoms in total. The number of aliphatic hydroxyl groups excluding tert-OH is 1. The summed E-state index contributed by atoms with van der Waals surface area (Å²) in [5.74, 6) is 0.281. The fraction of sp³-hybridized carbons (Fsp3) is 0.200. The van der Waals surface area contributed by atoms with Crippen LogP contribution in [-0.2, 0) is 17.9 Å². The number of aromatic nitrogens is 2. The monoisotopic (exact) mass is 367 g/mol. The van der Waals surface area contributed by atoms with Gasteiger partial charge in [0.2, 0.25) is 5.91 Å². The lowest BCUT2D eigenvalue weighted by Crippen LogP contribution is -2.28. The number of hydrogen-bond acceptors (Lipinski definition) is 4. The maximum Gasteiger partial charge on any atom is 0.237 e. The van der Waals surface area contributed by atoms with Gasteiger partial charge in [-0.25, -0.2) is 4.98 Å². The first-order chi connectivity index (χ1) is 12.7. The molecule has 0 aliphatic rings. The van der Waals surface area contributed by atoms with Gasteiger partial charge in [0.05, 0.1) is 24.3 Å². The van der Waals surface area contributed by atoms with E-state index in [4.69, 9.17) is 0 Å². The van der Waals surface area contributed by atoms with Gasteiger partial charge in [-0.1, -0.05) is 60.3 Å². The number of aliphatic hydroxyl groups is 1. The van der Waals surface area contributed by atoms with Crippen molar-refractivity contribution in [3.05, 3.63) is 78.1 Å². The van der Waals surface area contributed by atoms with Crippen molar-refractivity contribution in [2.75, 3.05) is 17.7 Å². The topological polar surface area (TPSA) is 58.4 Å². The molecule has 1 aromatic heterocycles. The SMILES string of the molecule is CN(C(=O)CSc1ncc(CO)n1Cc1ccccc1)c1ccccc1. The number of nitrogens with zero attached hydrogens (tertiary/aromatic N) is 3. The largest absolute Gasteiger partial charge is 0.390 e. The number of amides is 1. The van der Waals surface area contributed by atoms with E-state index in [1.54, 1.807) is 18.1 Å². The van der Waals surface area contributed by atoms with Crippen LogP contribution in [0.3, 0.4) is 0 Å². The Labute approximate surface area is 157 Å². The molecule has 134 valence electrons. The van der Waals surface area contributed by atoms with Crippen LogP contribution in [0.4, 0.5) is 5.69 Å². The Morgan fingerprint density at radius 3 is 2.42 bits per heavy atom. The summed E-state index contributed by atoms with van der Waals surface area (Å²) in [6.07, 6.45) is 1.66. The molecule has 0 aliphatic heterocycles. The average molecular weight is 367 g/mol. The first-order valence-corrected chi connectivity index (χ1v) is 9.31. The molecule has 3 aromatic rings. The Hall–Kier alpha value is -2.57. The molecule has 0 aliphatic carbocycles. The van der Waals surface area contributed by atoms with Gasteiger partial charge in [0.1, 0.15) is 0 Å². The summed E-state index contributed by atoms with van der Waals surface area (Å²) in [6, 6.07) is 19.6. The van der Waals surface area contributed by atoms with Gasteiger partial charge in [0.15, 0.2) is 5.16 Å². The van der Waals surface area contributed by atoms with E-state index in [1.807, 2.05) is 65.2 Å². The summed E-state index contributed by atoms with van der Waals surface area (Å²) in [7, 11) is 1.77. The van der Waals surface area contributed by atoms with Crippen LogP contribution in [0.25, 0.3) is 0 Å². The van der Waals surface area contributed by atoms with Gasteiger partial charge >= 0.3 is 0 Å². The highest BCUT2D eigenvalue weighted by atomic mass is 32.2. The van der Waals surface area contributed by atoms with Crippen molar-refractivity contribution in [3.63, 3.8) is 0 Å².